The zero-order valence-electron chi connectivity index (χ0n) is 33.8. The Balaban J connectivity index is 0.980. The highest BCUT2D eigenvalue weighted by molar-refractivity contribution is 5.85. The summed E-state index contributed by atoms with van der Waals surface area (Å²) in [6.45, 7) is 1.70. The van der Waals surface area contributed by atoms with Crippen molar-refractivity contribution >= 4 is 23.4 Å². The van der Waals surface area contributed by atoms with E-state index in [4.69, 9.17) is 25.1 Å². The summed E-state index contributed by atoms with van der Waals surface area (Å²) in [5, 5.41) is 25.8. The smallest absolute Gasteiger partial charge is 0.228 e. The molecule has 6 aromatic heterocycles. The summed E-state index contributed by atoms with van der Waals surface area (Å²) in [6.07, 6.45) is 12.7. The predicted octanol–water partition coefficient (Wildman–Crippen LogP) is 6.09. The van der Waals surface area contributed by atoms with Crippen LogP contribution in [-0.4, -0.2) is 84.6 Å². The van der Waals surface area contributed by atoms with Crippen molar-refractivity contribution in [3.05, 3.63) is 131 Å². The number of nitrogens with one attached hydrogen (secondary N) is 2. The van der Waals surface area contributed by atoms with Gasteiger partial charge in [-0.25, -0.2) is 19.9 Å². The average molecular weight is 784 g/mol. The molecule has 0 saturated heterocycles. The maximum Gasteiger partial charge on any atom is 0.228 e. The number of aryl methyl sites for hydroxylation is 5. The minimum atomic E-state index is -0.00248. The summed E-state index contributed by atoms with van der Waals surface area (Å²) < 4.78 is 7.71. The largest absolute Gasteiger partial charge is 0.321 e. The number of benzene rings is 2. The third-order valence-corrected chi connectivity index (χ3v) is 11.3. The van der Waals surface area contributed by atoms with Gasteiger partial charge in [0.05, 0.1) is 52.6 Å². The van der Waals surface area contributed by atoms with Crippen LogP contribution in [0.4, 0.5) is 23.4 Å². The Labute approximate surface area is 341 Å². The molecule has 8 aromatic rings. The van der Waals surface area contributed by atoms with E-state index in [0.717, 1.165) is 100 Å². The van der Waals surface area contributed by atoms with Crippen LogP contribution < -0.4 is 10.6 Å². The molecule has 296 valence electrons. The van der Waals surface area contributed by atoms with Gasteiger partial charge in [-0.05, 0) is 43.6 Å². The van der Waals surface area contributed by atoms with Crippen molar-refractivity contribution in [3.63, 3.8) is 0 Å². The maximum atomic E-state index is 5.20. The molecular formula is C44H45N15. The number of aromatic nitrogens is 12. The van der Waals surface area contributed by atoms with Crippen molar-refractivity contribution in [2.24, 2.45) is 21.1 Å². The molecule has 1 unspecified atom stereocenters. The molecule has 0 saturated carbocycles. The van der Waals surface area contributed by atoms with E-state index >= 15 is 0 Å². The Kier molecular flexibility index (Phi) is 9.08. The topological polar surface area (TPSA) is 150 Å². The maximum absolute atomic E-state index is 5.20. The fraction of sp³-hybridized carbons (Fsp3) is 0.273. The van der Waals surface area contributed by atoms with E-state index < -0.39 is 0 Å². The van der Waals surface area contributed by atoms with E-state index in [1.165, 1.54) is 11.1 Å². The molecule has 0 radical (unpaired) electrons. The molecule has 2 N–H and O–H groups in total. The lowest BCUT2D eigenvalue weighted by molar-refractivity contribution is 0.373. The lowest BCUT2D eigenvalue weighted by atomic mass is 9.79. The van der Waals surface area contributed by atoms with E-state index in [1.807, 2.05) is 72.1 Å². The molecule has 0 fully saturated rings. The van der Waals surface area contributed by atoms with Crippen LogP contribution in [0.5, 0.6) is 0 Å². The molecule has 2 aliphatic carbocycles. The quantitative estimate of drug-likeness (QED) is 0.157. The second kappa shape index (κ2) is 14.7. The van der Waals surface area contributed by atoms with Gasteiger partial charge in [0, 0.05) is 99.6 Å². The molecule has 15 heteroatoms. The van der Waals surface area contributed by atoms with Crippen molar-refractivity contribution in [2.45, 2.75) is 38.1 Å². The van der Waals surface area contributed by atoms with Gasteiger partial charge >= 0.3 is 0 Å². The number of anilines is 4. The normalized spacial score (nSPS) is 14.2. The number of fused-ring (bicyclic) bond motifs is 6. The zero-order valence-corrected chi connectivity index (χ0v) is 33.8. The summed E-state index contributed by atoms with van der Waals surface area (Å²) in [5.74, 6) is 1.75. The first-order chi connectivity index (χ1) is 28.7. The van der Waals surface area contributed by atoms with Gasteiger partial charge in [0.25, 0.3) is 0 Å². The molecule has 10 rings (SSSR count). The molecule has 6 heterocycles. The SMILES string of the molecule is CN(C)CCn1ccc(Nc2ncc3c(n2)-c2c(nn(C)c2Cc2cccc(C4Cc5nn(C)c(-c6ccccc6)c5-c5nc(Nc6cnn(C)c6)ncc54)c2)CC3)n1. The van der Waals surface area contributed by atoms with Gasteiger partial charge in [0.2, 0.25) is 11.9 Å². The summed E-state index contributed by atoms with van der Waals surface area (Å²) in [5.41, 5.74) is 14.7. The van der Waals surface area contributed by atoms with E-state index in [9.17, 15) is 0 Å². The molecule has 15 nitrogen and oxygen atoms in total. The van der Waals surface area contributed by atoms with Gasteiger partial charge < -0.3 is 15.5 Å². The molecule has 0 spiro atoms. The van der Waals surface area contributed by atoms with Gasteiger partial charge in [-0.3, -0.25) is 18.7 Å². The molecule has 0 bridgehead atoms. The third-order valence-electron chi connectivity index (χ3n) is 11.3. The van der Waals surface area contributed by atoms with Crippen LogP contribution in [0.15, 0.2) is 91.6 Å². The number of nitrogens with zero attached hydrogens (tertiary/aromatic N) is 13. The van der Waals surface area contributed by atoms with Crippen LogP contribution in [0.3, 0.4) is 0 Å². The Hall–Kier alpha value is -7.00. The highest BCUT2D eigenvalue weighted by Gasteiger charge is 2.34. The summed E-state index contributed by atoms with van der Waals surface area (Å²) in [6, 6.07) is 21.3. The van der Waals surface area contributed by atoms with Crippen molar-refractivity contribution < 1.29 is 0 Å². The van der Waals surface area contributed by atoms with Crippen molar-refractivity contribution in [1.29, 1.82) is 0 Å². The van der Waals surface area contributed by atoms with Gasteiger partial charge in [0.1, 0.15) is 0 Å². The fourth-order valence-corrected chi connectivity index (χ4v) is 8.49. The first-order valence-electron chi connectivity index (χ1n) is 19.9. The van der Waals surface area contributed by atoms with E-state index in [0.29, 0.717) is 24.1 Å². The Morgan fingerprint density at radius 3 is 2.42 bits per heavy atom. The standard InChI is InChI=1S/C44H45N15/c1-55(2)18-19-59-17-16-37(54-59)49-44-45-23-30-14-15-34-38(40(30)50-44)36(57(4)52-34)21-27-10-9-13-29(20-27)32-22-35-39(42(58(5)53-35)28-11-7-6-8-12-28)41-33(32)25-46-43(51-41)48-31-24-47-56(3)26-31/h6-13,16-17,20,23-26,32H,14-15,18-19,21-22H2,1-5H3,(H,46,48,51)(H,45,49,50,54). The van der Waals surface area contributed by atoms with Crippen molar-refractivity contribution in [1.82, 2.24) is 64.0 Å². The molecule has 0 aliphatic heterocycles. The highest BCUT2D eigenvalue weighted by Crippen LogP contribution is 2.46. The molecule has 1 atom stereocenters. The summed E-state index contributed by atoms with van der Waals surface area (Å²) in [4.78, 5) is 22.0. The molecule has 2 aromatic carbocycles. The lowest BCUT2D eigenvalue weighted by Crippen LogP contribution is -2.18. The van der Waals surface area contributed by atoms with Crippen LogP contribution in [0.2, 0.25) is 0 Å². The second-order valence-electron chi connectivity index (χ2n) is 15.7. The average Bonchev–Trinajstić information content (AvgIpc) is 4.02. The third kappa shape index (κ3) is 6.92. The molecule has 0 amide bonds. The molecular weight excluding hydrogens is 739 g/mol. The van der Waals surface area contributed by atoms with Gasteiger partial charge in [0.15, 0.2) is 5.82 Å². The van der Waals surface area contributed by atoms with Gasteiger partial charge in [-0.15, -0.1) is 0 Å². The van der Waals surface area contributed by atoms with Crippen LogP contribution in [0.1, 0.15) is 45.3 Å². The van der Waals surface area contributed by atoms with Gasteiger partial charge in [-0.2, -0.15) is 20.4 Å². The van der Waals surface area contributed by atoms with Crippen LogP contribution in [0, 0.1) is 0 Å². The summed E-state index contributed by atoms with van der Waals surface area (Å²) >= 11 is 0. The Morgan fingerprint density at radius 2 is 1.59 bits per heavy atom. The predicted molar refractivity (Wildman–Crippen MR) is 227 cm³/mol. The summed E-state index contributed by atoms with van der Waals surface area (Å²) in [7, 11) is 10.1. The van der Waals surface area contributed by atoms with Crippen molar-refractivity contribution in [2.75, 3.05) is 31.3 Å². The Morgan fingerprint density at radius 1 is 0.780 bits per heavy atom. The second-order valence-corrected chi connectivity index (χ2v) is 15.7. The Bertz CT molecular complexity index is 2820. The number of rotatable bonds is 11. The van der Waals surface area contributed by atoms with E-state index in [-0.39, 0.29) is 5.92 Å². The highest BCUT2D eigenvalue weighted by atomic mass is 15.3. The first-order valence-corrected chi connectivity index (χ1v) is 19.9. The molecule has 59 heavy (non-hydrogen) atoms. The van der Waals surface area contributed by atoms with E-state index in [1.54, 1.807) is 10.9 Å². The van der Waals surface area contributed by atoms with Crippen molar-refractivity contribution in [3.8, 4) is 33.8 Å². The number of hydrogen-bond donors (Lipinski definition) is 2. The number of likely N-dealkylation sites (N-methyl/N-ethyl adjacent to an activating group) is 1. The minimum Gasteiger partial charge on any atom is -0.321 e. The zero-order chi connectivity index (χ0) is 40.2. The molecule has 2 aliphatic rings. The minimum absolute atomic E-state index is 0.00248. The number of hydrogen-bond acceptors (Lipinski definition) is 11. The van der Waals surface area contributed by atoms with Gasteiger partial charge in [-0.1, -0.05) is 54.6 Å². The lowest BCUT2D eigenvalue weighted by Gasteiger charge is -2.26. The van der Waals surface area contributed by atoms with Crippen LogP contribution in [-0.2, 0) is 53.4 Å². The van der Waals surface area contributed by atoms with Crippen LogP contribution in [0.25, 0.3) is 33.8 Å². The monoisotopic (exact) mass is 783 g/mol. The van der Waals surface area contributed by atoms with E-state index in [2.05, 4.69) is 93.3 Å². The van der Waals surface area contributed by atoms with Crippen LogP contribution >= 0.6 is 0 Å². The fourth-order valence-electron chi connectivity index (χ4n) is 8.49. The first kappa shape index (κ1) is 36.3.